The van der Waals surface area contributed by atoms with Crippen molar-refractivity contribution in [3.63, 3.8) is 0 Å². The zero-order valence-electron chi connectivity index (χ0n) is 10.4. The van der Waals surface area contributed by atoms with Crippen LogP contribution in [0.15, 0.2) is 39.5 Å². The molecule has 1 aromatic rings. The van der Waals surface area contributed by atoms with Crippen LogP contribution in [0.1, 0.15) is 0 Å². The van der Waals surface area contributed by atoms with Crippen molar-refractivity contribution < 1.29 is 25.9 Å². The second-order valence-electron chi connectivity index (χ2n) is 3.83. The van der Waals surface area contributed by atoms with E-state index in [2.05, 4.69) is 10.3 Å². The second kappa shape index (κ2) is 6.26. The van der Waals surface area contributed by atoms with Gasteiger partial charge in [0.25, 0.3) is 20.2 Å². The quantitative estimate of drug-likeness (QED) is 0.447. The highest BCUT2D eigenvalue weighted by Gasteiger charge is 2.09. The fraction of sp³-hybridized carbons (Fsp3) is 0.333. The molecule has 2 N–H and O–H groups in total. The maximum atomic E-state index is 10.9. The minimum Gasteiger partial charge on any atom is -0.285 e. The maximum absolute atomic E-state index is 10.9. The Bertz CT molecular complexity index is 698. The summed E-state index contributed by atoms with van der Waals surface area (Å²) >= 11 is 0. The topological polar surface area (TPSA) is 137 Å². The molecule has 112 valence electrons. The summed E-state index contributed by atoms with van der Waals surface area (Å²) in [6, 6.07) is 5.12. The third kappa shape index (κ3) is 6.06. The van der Waals surface area contributed by atoms with Gasteiger partial charge in [-0.2, -0.15) is 16.8 Å². The standard InChI is InChI=1S/C9H13N3O6S2/c1-12(5-6-19(13,14)15)11-10-8-3-2-4-9(7-8)20(16,17)18/h2-4,7H,5-6H2,1H3,(H,13,14,15)(H,16,17,18)/b11-10+. The molecule has 0 atom stereocenters. The number of hydrogen-bond donors (Lipinski definition) is 2. The molecule has 0 saturated heterocycles. The molecule has 11 heteroatoms. The lowest BCUT2D eigenvalue weighted by molar-refractivity contribution is 0.346. The Morgan fingerprint density at radius 3 is 2.40 bits per heavy atom. The maximum Gasteiger partial charge on any atom is 0.294 e. The normalized spacial score (nSPS) is 12.8. The molecule has 0 unspecified atom stereocenters. The zero-order valence-corrected chi connectivity index (χ0v) is 12.0. The van der Waals surface area contributed by atoms with Gasteiger partial charge in [-0.15, -0.1) is 5.11 Å². The molecule has 20 heavy (non-hydrogen) atoms. The first-order chi connectivity index (χ1) is 9.08. The Hall–Kier alpha value is -1.56. The van der Waals surface area contributed by atoms with E-state index in [1.54, 1.807) is 0 Å². The second-order valence-corrected chi connectivity index (χ2v) is 6.82. The van der Waals surface area contributed by atoms with Gasteiger partial charge in [0.2, 0.25) is 0 Å². The van der Waals surface area contributed by atoms with Crippen molar-refractivity contribution in [2.45, 2.75) is 4.90 Å². The van der Waals surface area contributed by atoms with Gasteiger partial charge in [0.05, 0.1) is 22.9 Å². The third-order valence-corrected chi connectivity index (χ3v) is 3.65. The highest BCUT2D eigenvalue weighted by atomic mass is 32.2. The van der Waals surface area contributed by atoms with Crippen LogP contribution in [-0.4, -0.2) is 50.3 Å². The summed E-state index contributed by atoms with van der Waals surface area (Å²) < 4.78 is 60.3. The molecule has 9 nitrogen and oxygen atoms in total. The Labute approximate surface area is 116 Å². The Morgan fingerprint density at radius 2 is 1.85 bits per heavy atom. The van der Waals surface area contributed by atoms with Gasteiger partial charge in [-0.05, 0) is 18.2 Å². The van der Waals surface area contributed by atoms with Crippen LogP contribution in [0, 0.1) is 0 Å². The van der Waals surface area contributed by atoms with Crippen LogP contribution in [0.25, 0.3) is 0 Å². The van der Waals surface area contributed by atoms with Gasteiger partial charge in [-0.1, -0.05) is 11.3 Å². The molecule has 0 radical (unpaired) electrons. The first kappa shape index (κ1) is 16.5. The van der Waals surface area contributed by atoms with Crippen LogP contribution < -0.4 is 0 Å². The van der Waals surface area contributed by atoms with Crippen LogP contribution >= 0.6 is 0 Å². The fourth-order valence-corrected chi connectivity index (χ4v) is 2.14. The SMILES string of the molecule is CN(CCS(=O)(=O)O)/N=N/c1cccc(S(=O)(=O)O)c1. The molecule has 0 fully saturated rings. The van der Waals surface area contributed by atoms with Crippen molar-refractivity contribution in [2.75, 3.05) is 19.3 Å². The van der Waals surface area contributed by atoms with Crippen LogP contribution in [0.4, 0.5) is 5.69 Å². The average molecular weight is 323 g/mol. The minimum atomic E-state index is -4.32. The number of benzene rings is 1. The largest absolute Gasteiger partial charge is 0.294 e. The third-order valence-electron chi connectivity index (χ3n) is 2.10. The van der Waals surface area contributed by atoms with Gasteiger partial charge in [0, 0.05) is 7.05 Å². The Balaban J connectivity index is 2.76. The summed E-state index contributed by atoms with van der Waals surface area (Å²) in [7, 11) is -6.97. The predicted octanol–water partition coefficient (Wildman–Crippen LogP) is 0.752. The molecular formula is C9H13N3O6S2. The molecule has 0 heterocycles. The lowest BCUT2D eigenvalue weighted by Crippen LogP contribution is -2.20. The summed E-state index contributed by atoms with van der Waals surface area (Å²) in [5.41, 5.74) is 0.166. The van der Waals surface area contributed by atoms with E-state index in [-0.39, 0.29) is 17.1 Å². The zero-order chi connectivity index (χ0) is 15.4. The molecule has 1 aromatic carbocycles. The lowest BCUT2D eigenvalue weighted by Gasteiger charge is -2.09. The molecule has 0 aromatic heterocycles. The first-order valence-electron chi connectivity index (χ1n) is 5.23. The van der Waals surface area contributed by atoms with Gasteiger partial charge in [-0.25, -0.2) is 0 Å². The van der Waals surface area contributed by atoms with Crippen molar-refractivity contribution in [1.29, 1.82) is 0 Å². The number of nitrogens with zero attached hydrogens (tertiary/aromatic N) is 3. The van der Waals surface area contributed by atoms with Crippen LogP contribution in [0.3, 0.4) is 0 Å². The highest BCUT2D eigenvalue weighted by Crippen LogP contribution is 2.18. The van der Waals surface area contributed by atoms with E-state index in [1.807, 2.05) is 0 Å². The van der Waals surface area contributed by atoms with E-state index in [0.717, 1.165) is 11.1 Å². The van der Waals surface area contributed by atoms with Crippen molar-refractivity contribution in [3.05, 3.63) is 24.3 Å². The van der Waals surface area contributed by atoms with E-state index in [9.17, 15) is 16.8 Å². The van der Waals surface area contributed by atoms with Gasteiger partial charge >= 0.3 is 0 Å². The van der Waals surface area contributed by atoms with Gasteiger partial charge < -0.3 is 0 Å². The summed E-state index contributed by atoms with van der Waals surface area (Å²) in [6.45, 7) is -0.0830. The fourth-order valence-electron chi connectivity index (χ4n) is 1.13. The van der Waals surface area contributed by atoms with Crippen molar-refractivity contribution in [3.8, 4) is 0 Å². The van der Waals surface area contributed by atoms with Crippen LogP contribution in [0.5, 0.6) is 0 Å². The first-order valence-corrected chi connectivity index (χ1v) is 8.28. The van der Waals surface area contributed by atoms with Gasteiger partial charge in [0.1, 0.15) is 0 Å². The molecule has 0 aliphatic carbocycles. The van der Waals surface area contributed by atoms with E-state index < -0.39 is 26.0 Å². The van der Waals surface area contributed by atoms with Crippen LogP contribution in [-0.2, 0) is 20.2 Å². The van der Waals surface area contributed by atoms with Crippen molar-refractivity contribution in [1.82, 2.24) is 5.01 Å². The van der Waals surface area contributed by atoms with Gasteiger partial charge in [0.15, 0.2) is 0 Å². The van der Waals surface area contributed by atoms with E-state index in [4.69, 9.17) is 9.11 Å². The summed E-state index contributed by atoms with van der Waals surface area (Å²) in [5, 5.41) is 8.47. The Kier molecular flexibility index (Phi) is 5.16. The number of hydrogen-bond acceptors (Lipinski definition) is 6. The summed E-state index contributed by atoms with van der Waals surface area (Å²) in [5.74, 6) is -0.506. The molecule has 0 bridgehead atoms. The molecule has 0 saturated carbocycles. The summed E-state index contributed by atoms with van der Waals surface area (Å²) in [6.07, 6.45) is 0. The molecule has 0 amide bonds. The lowest BCUT2D eigenvalue weighted by atomic mass is 10.3. The highest BCUT2D eigenvalue weighted by molar-refractivity contribution is 7.86. The van der Waals surface area contributed by atoms with E-state index in [0.29, 0.717) is 0 Å². The van der Waals surface area contributed by atoms with E-state index >= 15 is 0 Å². The van der Waals surface area contributed by atoms with Crippen molar-refractivity contribution in [2.24, 2.45) is 10.3 Å². The molecule has 1 rings (SSSR count). The smallest absolute Gasteiger partial charge is 0.285 e. The molecule has 0 aliphatic rings. The average Bonchev–Trinajstić information content (AvgIpc) is 2.32. The molecule has 0 spiro atoms. The van der Waals surface area contributed by atoms with Crippen molar-refractivity contribution >= 4 is 25.9 Å². The Morgan fingerprint density at radius 1 is 1.20 bits per heavy atom. The monoisotopic (exact) mass is 323 g/mol. The number of rotatable bonds is 6. The van der Waals surface area contributed by atoms with E-state index in [1.165, 1.54) is 25.2 Å². The predicted molar refractivity (Wildman–Crippen MR) is 69.8 cm³/mol. The summed E-state index contributed by atoms with van der Waals surface area (Å²) in [4.78, 5) is -0.325. The van der Waals surface area contributed by atoms with Crippen LogP contribution in [0.2, 0.25) is 0 Å². The molecular weight excluding hydrogens is 310 g/mol. The minimum absolute atomic E-state index is 0.0830. The molecule has 0 aliphatic heterocycles. The van der Waals surface area contributed by atoms with Gasteiger partial charge in [-0.3, -0.25) is 14.1 Å².